The lowest BCUT2D eigenvalue weighted by Crippen LogP contribution is -2.37. The summed E-state index contributed by atoms with van der Waals surface area (Å²) in [5.41, 5.74) is 0. The van der Waals surface area contributed by atoms with Gasteiger partial charge in [0.25, 0.3) is 7.82 Å². The molecule has 0 aliphatic heterocycles. The zero-order chi connectivity index (χ0) is 40.6. The van der Waals surface area contributed by atoms with Crippen LogP contribution in [0.15, 0.2) is 36.5 Å². The highest BCUT2D eigenvalue weighted by atomic mass is 31.2. The van der Waals surface area contributed by atoms with Crippen molar-refractivity contribution in [2.24, 2.45) is 0 Å². The molecule has 0 saturated carbocycles. The number of quaternary nitrogens is 1. The summed E-state index contributed by atoms with van der Waals surface area (Å²) >= 11 is 0. The minimum atomic E-state index is -4.52. The fourth-order valence-electron chi connectivity index (χ4n) is 6.14. The molecule has 0 aliphatic carbocycles. The van der Waals surface area contributed by atoms with Crippen molar-refractivity contribution in [3.05, 3.63) is 36.5 Å². The minimum Gasteiger partial charge on any atom is -0.756 e. The molecule has 2 unspecified atom stereocenters. The van der Waals surface area contributed by atoms with E-state index < -0.39 is 13.9 Å². The molecule has 0 saturated heterocycles. The lowest BCUT2D eigenvalue weighted by Gasteiger charge is -2.28. The van der Waals surface area contributed by atoms with Gasteiger partial charge in [0.15, 0.2) is 0 Å². The van der Waals surface area contributed by atoms with E-state index in [0.717, 1.165) is 51.4 Å². The summed E-state index contributed by atoms with van der Waals surface area (Å²) in [6, 6.07) is 0. The van der Waals surface area contributed by atoms with Crippen LogP contribution in [-0.4, -0.2) is 70.7 Å². The molecule has 0 fully saturated rings. The maximum atomic E-state index is 12.7. The Balaban J connectivity index is 4.20. The molecule has 8 nitrogen and oxygen atoms in total. The molecule has 324 valence electrons. The normalized spacial score (nSPS) is 14.1. The van der Waals surface area contributed by atoms with Crippen molar-refractivity contribution in [3.8, 4) is 0 Å². The highest BCUT2D eigenvalue weighted by molar-refractivity contribution is 7.45. The number of carbonyl (C=O) groups excluding carboxylic acids is 1. The number of phosphoric ester groups is 1. The van der Waals surface area contributed by atoms with E-state index in [-0.39, 0.29) is 25.8 Å². The number of phosphoric acid groups is 1. The molecule has 55 heavy (non-hydrogen) atoms. The first kappa shape index (κ1) is 53.7. The Kier molecular flexibility index (Phi) is 38.6. The quantitative estimate of drug-likeness (QED) is 0.0200. The van der Waals surface area contributed by atoms with E-state index in [1.165, 1.54) is 122 Å². The standard InChI is InChI=1S/C46H88NO7P/c1-6-8-10-12-14-16-18-20-21-22-23-24-25-26-28-30-32-34-36-38-41-51-43-45(44-53-55(49,50)52-42-40-47(3,4)5)54-46(48)39-37-35-33-31-29-27-19-17-15-13-11-9-7-2/h14,16,20-21,23-24,45H,6-13,15,17-19,22,25-44H2,1-5H3/b16-14-,21-20-,24-23-. The largest absolute Gasteiger partial charge is 0.756 e. The Bertz CT molecular complexity index is 978. The van der Waals surface area contributed by atoms with Crippen LogP contribution in [0.2, 0.25) is 0 Å². The maximum absolute atomic E-state index is 12.7. The molecule has 0 aromatic rings. The third-order valence-corrected chi connectivity index (χ3v) is 10.7. The van der Waals surface area contributed by atoms with E-state index in [0.29, 0.717) is 24.1 Å². The average molecular weight is 798 g/mol. The SMILES string of the molecule is CCCCC/C=C\C/C=C\C/C=C\CCCCCCCCCOCC(COP(=O)([O-])OCC[N+](C)(C)C)OC(=O)CCCCCCCCCCCCCCC. The Morgan fingerprint density at radius 3 is 1.53 bits per heavy atom. The van der Waals surface area contributed by atoms with Gasteiger partial charge in [0.05, 0.1) is 34.4 Å². The van der Waals surface area contributed by atoms with Crippen molar-refractivity contribution in [2.45, 2.75) is 200 Å². The van der Waals surface area contributed by atoms with E-state index >= 15 is 0 Å². The number of ether oxygens (including phenoxy) is 2. The van der Waals surface area contributed by atoms with Gasteiger partial charge in [0.1, 0.15) is 19.3 Å². The molecule has 0 bridgehead atoms. The van der Waals surface area contributed by atoms with Gasteiger partial charge in [-0.3, -0.25) is 9.36 Å². The van der Waals surface area contributed by atoms with Crippen LogP contribution in [0.4, 0.5) is 0 Å². The topological polar surface area (TPSA) is 94.1 Å². The molecule has 0 spiro atoms. The first-order chi connectivity index (χ1) is 26.6. The maximum Gasteiger partial charge on any atom is 0.306 e. The number of rotatable bonds is 42. The molecule has 0 N–H and O–H groups in total. The van der Waals surface area contributed by atoms with E-state index in [1.807, 2.05) is 21.1 Å². The number of likely N-dealkylation sites (N-methyl/N-ethyl adjacent to an activating group) is 1. The summed E-state index contributed by atoms with van der Waals surface area (Å²) in [6.45, 7) is 5.37. The summed E-state index contributed by atoms with van der Waals surface area (Å²) in [7, 11) is 1.35. The van der Waals surface area contributed by atoms with Crippen LogP contribution in [0, 0.1) is 0 Å². The zero-order valence-corrected chi connectivity index (χ0v) is 37.5. The van der Waals surface area contributed by atoms with Gasteiger partial charge in [-0.25, -0.2) is 0 Å². The molecule has 0 rings (SSSR count). The lowest BCUT2D eigenvalue weighted by molar-refractivity contribution is -0.870. The highest BCUT2D eigenvalue weighted by Crippen LogP contribution is 2.38. The number of unbranched alkanes of at least 4 members (excludes halogenated alkanes) is 22. The second-order valence-electron chi connectivity index (χ2n) is 16.4. The van der Waals surface area contributed by atoms with Crippen LogP contribution in [0.5, 0.6) is 0 Å². The van der Waals surface area contributed by atoms with Gasteiger partial charge >= 0.3 is 5.97 Å². The van der Waals surface area contributed by atoms with E-state index in [9.17, 15) is 14.3 Å². The number of esters is 1. The summed E-state index contributed by atoms with van der Waals surface area (Å²) in [4.78, 5) is 25.0. The molecule has 0 heterocycles. The van der Waals surface area contributed by atoms with Crippen molar-refractivity contribution in [3.63, 3.8) is 0 Å². The fourth-order valence-corrected chi connectivity index (χ4v) is 6.87. The van der Waals surface area contributed by atoms with Crippen LogP contribution in [-0.2, 0) is 27.9 Å². The van der Waals surface area contributed by atoms with Gasteiger partial charge in [-0.05, 0) is 51.4 Å². The van der Waals surface area contributed by atoms with Gasteiger partial charge in [0, 0.05) is 13.0 Å². The molecular weight excluding hydrogens is 709 g/mol. The zero-order valence-electron chi connectivity index (χ0n) is 36.6. The highest BCUT2D eigenvalue weighted by Gasteiger charge is 2.20. The average Bonchev–Trinajstić information content (AvgIpc) is 3.13. The molecule has 0 aromatic heterocycles. The van der Waals surface area contributed by atoms with Crippen molar-refractivity contribution in [1.82, 2.24) is 0 Å². The van der Waals surface area contributed by atoms with Crippen molar-refractivity contribution in [2.75, 3.05) is 54.1 Å². The first-order valence-corrected chi connectivity index (χ1v) is 24.2. The molecule has 0 aromatic carbocycles. The van der Waals surface area contributed by atoms with Crippen molar-refractivity contribution in [1.29, 1.82) is 0 Å². The predicted molar refractivity (Wildman–Crippen MR) is 231 cm³/mol. The summed E-state index contributed by atoms with van der Waals surface area (Å²) in [5, 5.41) is 0. The molecular formula is C46H88NO7P. The number of nitrogens with zero attached hydrogens (tertiary/aromatic N) is 1. The van der Waals surface area contributed by atoms with Crippen LogP contribution >= 0.6 is 7.82 Å². The van der Waals surface area contributed by atoms with Gasteiger partial charge < -0.3 is 27.9 Å². The fraction of sp³-hybridized carbons (Fsp3) is 0.848. The first-order valence-electron chi connectivity index (χ1n) is 22.7. The summed E-state index contributed by atoms with van der Waals surface area (Å²) in [5.74, 6) is -0.337. The molecule has 9 heteroatoms. The predicted octanol–water partition coefficient (Wildman–Crippen LogP) is 12.8. The van der Waals surface area contributed by atoms with E-state index in [1.54, 1.807) is 0 Å². The van der Waals surface area contributed by atoms with Crippen LogP contribution in [0.1, 0.15) is 194 Å². The Morgan fingerprint density at radius 1 is 0.564 bits per heavy atom. The second kappa shape index (κ2) is 39.5. The van der Waals surface area contributed by atoms with Crippen LogP contribution < -0.4 is 4.89 Å². The van der Waals surface area contributed by atoms with Crippen molar-refractivity contribution >= 4 is 13.8 Å². The number of carbonyl (C=O) groups is 1. The van der Waals surface area contributed by atoms with Gasteiger partial charge in [-0.2, -0.15) is 0 Å². The molecule has 0 amide bonds. The number of hydrogen-bond donors (Lipinski definition) is 0. The van der Waals surface area contributed by atoms with Gasteiger partial charge in [0.2, 0.25) is 0 Å². The minimum absolute atomic E-state index is 0.0247. The summed E-state index contributed by atoms with van der Waals surface area (Å²) < 4.78 is 34.6. The molecule has 0 radical (unpaired) electrons. The summed E-state index contributed by atoms with van der Waals surface area (Å²) in [6.07, 6.45) is 45.8. The number of allylic oxidation sites excluding steroid dienone is 6. The second-order valence-corrected chi connectivity index (χ2v) is 17.8. The number of hydrogen-bond acceptors (Lipinski definition) is 7. The third-order valence-electron chi connectivity index (χ3n) is 9.69. The molecule has 0 aliphatic rings. The Morgan fingerprint density at radius 2 is 1.00 bits per heavy atom. The molecule has 2 atom stereocenters. The Labute approximate surface area is 340 Å². The van der Waals surface area contributed by atoms with Gasteiger partial charge in [-0.1, -0.05) is 172 Å². The van der Waals surface area contributed by atoms with E-state index in [2.05, 4.69) is 50.3 Å². The smallest absolute Gasteiger partial charge is 0.306 e. The Hall–Kier alpha value is -1.28. The lowest BCUT2D eigenvalue weighted by atomic mass is 10.0. The van der Waals surface area contributed by atoms with Crippen LogP contribution in [0.25, 0.3) is 0 Å². The third kappa shape index (κ3) is 43.7. The van der Waals surface area contributed by atoms with Gasteiger partial charge in [-0.15, -0.1) is 0 Å². The van der Waals surface area contributed by atoms with Crippen molar-refractivity contribution < 1.29 is 37.3 Å². The van der Waals surface area contributed by atoms with Crippen LogP contribution in [0.3, 0.4) is 0 Å². The monoisotopic (exact) mass is 798 g/mol. The van der Waals surface area contributed by atoms with E-state index in [4.69, 9.17) is 18.5 Å².